The SMILES string of the molecule is CC(C)Oc1ccc(C(C)NCC2CCCCN2C)cc1. The van der Waals surface area contributed by atoms with Gasteiger partial charge in [-0.05, 0) is 64.9 Å². The summed E-state index contributed by atoms with van der Waals surface area (Å²) in [6.07, 6.45) is 4.26. The van der Waals surface area contributed by atoms with E-state index in [-0.39, 0.29) is 6.10 Å². The van der Waals surface area contributed by atoms with Crippen LogP contribution in [0, 0.1) is 0 Å². The molecule has 1 saturated heterocycles. The quantitative estimate of drug-likeness (QED) is 0.866. The summed E-state index contributed by atoms with van der Waals surface area (Å²) >= 11 is 0. The molecule has 2 rings (SSSR count). The Kier molecular flexibility index (Phi) is 6.07. The highest BCUT2D eigenvalue weighted by molar-refractivity contribution is 5.29. The summed E-state index contributed by atoms with van der Waals surface area (Å²) in [5.74, 6) is 0.952. The van der Waals surface area contributed by atoms with E-state index in [0.29, 0.717) is 12.1 Å². The summed E-state index contributed by atoms with van der Waals surface area (Å²) in [6.45, 7) is 8.66. The molecule has 0 aliphatic carbocycles. The van der Waals surface area contributed by atoms with Crippen molar-refractivity contribution in [3.8, 4) is 5.75 Å². The zero-order chi connectivity index (χ0) is 15.2. The lowest BCUT2D eigenvalue weighted by molar-refractivity contribution is 0.178. The molecule has 1 aliphatic rings. The maximum Gasteiger partial charge on any atom is 0.119 e. The smallest absolute Gasteiger partial charge is 0.119 e. The monoisotopic (exact) mass is 290 g/mol. The van der Waals surface area contributed by atoms with Gasteiger partial charge in [-0.2, -0.15) is 0 Å². The van der Waals surface area contributed by atoms with E-state index < -0.39 is 0 Å². The first kappa shape index (κ1) is 16.3. The molecule has 1 aromatic carbocycles. The van der Waals surface area contributed by atoms with Crippen molar-refractivity contribution >= 4 is 0 Å². The zero-order valence-corrected chi connectivity index (χ0v) is 13.9. The Balaban J connectivity index is 1.83. The zero-order valence-electron chi connectivity index (χ0n) is 13.9. The molecule has 0 saturated carbocycles. The van der Waals surface area contributed by atoms with Crippen LogP contribution in [-0.2, 0) is 0 Å². The molecule has 1 heterocycles. The van der Waals surface area contributed by atoms with Crippen LogP contribution in [0.1, 0.15) is 51.6 Å². The lowest BCUT2D eigenvalue weighted by atomic mass is 10.0. The number of nitrogens with one attached hydrogen (secondary N) is 1. The molecule has 1 N–H and O–H groups in total. The largest absolute Gasteiger partial charge is 0.491 e. The highest BCUT2D eigenvalue weighted by Crippen LogP contribution is 2.20. The van der Waals surface area contributed by atoms with Crippen LogP contribution < -0.4 is 10.1 Å². The number of ether oxygens (including phenoxy) is 1. The van der Waals surface area contributed by atoms with Crippen LogP contribution in [0.15, 0.2) is 24.3 Å². The maximum absolute atomic E-state index is 5.69. The lowest BCUT2D eigenvalue weighted by Crippen LogP contribution is -2.43. The highest BCUT2D eigenvalue weighted by atomic mass is 16.5. The van der Waals surface area contributed by atoms with E-state index >= 15 is 0 Å². The highest BCUT2D eigenvalue weighted by Gasteiger charge is 2.19. The van der Waals surface area contributed by atoms with Crippen LogP contribution in [0.25, 0.3) is 0 Å². The third kappa shape index (κ3) is 5.01. The van der Waals surface area contributed by atoms with Crippen molar-refractivity contribution < 1.29 is 4.74 Å². The van der Waals surface area contributed by atoms with Gasteiger partial charge in [0, 0.05) is 18.6 Å². The Hall–Kier alpha value is -1.06. The average molecular weight is 290 g/mol. The number of rotatable bonds is 6. The van der Waals surface area contributed by atoms with Gasteiger partial charge in [0.25, 0.3) is 0 Å². The predicted molar refractivity (Wildman–Crippen MR) is 88.9 cm³/mol. The van der Waals surface area contributed by atoms with E-state index in [1.807, 2.05) is 0 Å². The molecule has 0 amide bonds. The van der Waals surface area contributed by atoms with Crippen LogP contribution in [-0.4, -0.2) is 37.2 Å². The van der Waals surface area contributed by atoms with Crippen LogP contribution in [0.5, 0.6) is 5.75 Å². The van der Waals surface area contributed by atoms with Crippen molar-refractivity contribution in [2.45, 2.75) is 58.2 Å². The van der Waals surface area contributed by atoms with E-state index in [1.54, 1.807) is 0 Å². The fraction of sp³-hybridized carbons (Fsp3) is 0.667. The second-order valence-corrected chi connectivity index (χ2v) is 6.50. The van der Waals surface area contributed by atoms with Crippen molar-refractivity contribution in [1.82, 2.24) is 10.2 Å². The van der Waals surface area contributed by atoms with Crippen LogP contribution in [0.2, 0.25) is 0 Å². The van der Waals surface area contributed by atoms with Gasteiger partial charge in [-0.1, -0.05) is 18.6 Å². The summed E-state index contributed by atoms with van der Waals surface area (Å²) in [5, 5.41) is 3.68. The minimum absolute atomic E-state index is 0.230. The normalized spacial score (nSPS) is 21.5. The molecule has 2 atom stereocenters. The first-order chi connectivity index (χ1) is 10.1. The van der Waals surface area contributed by atoms with Gasteiger partial charge in [0.15, 0.2) is 0 Å². The van der Waals surface area contributed by atoms with Crippen molar-refractivity contribution in [3.63, 3.8) is 0 Å². The van der Waals surface area contributed by atoms with E-state index in [9.17, 15) is 0 Å². The Morgan fingerprint density at radius 1 is 1.19 bits per heavy atom. The Bertz CT molecular complexity index is 416. The number of likely N-dealkylation sites (tertiary alicyclic amines) is 1. The Morgan fingerprint density at radius 3 is 2.52 bits per heavy atom. The fourth-order valence-electron chi connectivity index (χ4n) is 2.94. The van der Waals surface area contributed by atoms with Gasteiger partial charge in [-0.3, -0.25) is 0 Å². The molecule has 1 aliphatic heterocycles. The molecule has 21 heavy (non-hydrogen) atoms. The summed E-state index contributed by atoms with van der Waals surface area (Å²) < 4.78 is 5.69. The molecule has 1 fully saturated rings. The maximum atomic E-state index is 5.69. The Morgan fingerprint density at radius 2 is 1.90 bits per heavy atom. The average Bonchev–Trinajstić information content (AvgIpc) is 2.46. The van der Waals surface area contributed by atoms with Crippen LogP contribution in [0.3, 0.4) is 0 Å². The standard InChI is InChI=1S/C18H30N2O/c1-14(2)21-18-10-8-16(9-11-18)15(3)19-13-17-7-5-6-12-20(17)4/h8-11,14-15,17,19H,5-7,12-13H2,1-4H3. The van der Waals surface area contributed by atoms with Gasteiger partial charge in [0.05, 0.1) is 6.10 Å². The number of piperidine rings is 1. The molecule has 0 aromatic heterocycles. The van der Waals surface area contributed by atoms with Gasteiger partial charge >= 0.3 is 0 Å². The van der Waals surface area contributed by atoms with Crippen molar-refractivity contribution in [2.75, 3.05) is 20.1 Å². The molecule has 0 radical (unpaired) electrons. The number of likely N-dealkylation sites (N-methyl/N-ethyl adjacent to an activating group) is 1. The number of hydrogen-bond acceptors (Lipinski definition) is 3. The minimum Gasteiger partial charge on any atom is -0.491 e. The van der Waals surface area contributed by atoms with E-state index in [1.165, 1.54) is 31.4 Å². The molecule has 2 unspecified atom stereocenters. The second kappa shape index (κ2) is 7.81. The third-order valence-corrected chi connectivity index (χ3v) is 4.33. The van der Waals surface area contributed by atoms with Gasteiger partial charge in [0.2, 0.25) is 0 Å². The molecule has 1 aromatic rings. The van der Waals surface area contributed by atoms with E-state index in [0.717, 1.165) is 12.3 Å². The second-order valence-electron chi connectivity index (χ2n) is 6.50. The summed E-state index contributed by atoms with van der Waals surface area (Å²) in [7, 11) is 2.24. The van der Waals surface area contributed by atoms with Crippen molar-refractivity contribution in [3.05, 3.63) is 29.8 Å². The van der Waals surface area contributed by atoms with E-state index in [4.69, 9.17) is 4.74 Å². The number of nitrogens with zero attached hydrogens (tertiary/aromatic N) is 1. The first-order valence-electron chi connectivity index (χ1n) is 8.26. The molecule has 118 valence electrons. The molecule has 0 bridgehead atoms. The molecular weight excluding hydrogens is 260 g/mol. The number of hydrogen-bond donors (Lipinski definition) is 1. The Labute approximate surface area is 129 Å². The summed E-state index contributed by atoms with van der Waals surface area (Å²) in [5.41, 5.74) is 1.32. The number of benzene rings is 1. The van der Waals surface area contributed by atoms with Gasteiger partial charge in [-0.25, -0.2) is 0 Å². The van der Waals surface area contributed by atoms with Crippen molar-refractivity contribution in [2.24, 2.45) is 0 Å². The summed E-state index contributed by atoms with van der Waals surface area (Å²) in [4.78, 5) is 2.49. The first-order valence-corrected chi connectivity index (χ1v) is 8.26. The van der Waals surface area contributed by atoms with Gasteiger partial charge < -0.3 is 15.0 Å². The summed E-state index contributed by atoms with van der Waals surface area (Å²) in [6, 6.07) is 9.54. The van der Waals surface area contributed by atoms with E-state index in [2.05, 4.69) is 62.3 Å². The van der Waals surface area contributed by atoms with Crippen molar-refractivity contribution in [1.29, 1.82) is 0 Å². The fourth-order valence-corrected chi connectivity index (χ4v) is 2.94. The van der Waals surface area contributed by atoms with Gasteiger partial charge in [-0.15, -0.1) is 0 Å². The molecule has 0 spiro atoms. The molecular formula is C18H30N2O. The predicted octanol–water partition coefficient (Wildman–Crippen LogP) is 3.61. The topological polar surface area (TPSA) is 24.5 Å². The van der Waals surface area contributed by atoms with Crippen LogP contribution >= 0.6 is 0 Å². The van der Waals surface area contributed by atoms with Gasteiger partial charge in [0.1, 0.15) is 5.75 Å². The van der Waals surface area contributed by atoms with Crippen LogP contribution in [0.4, 0.5) is 0 Å². The lowest BCUT2D eigenvalue weighted by Gasteiger charge is -2.33. The molecule has 3 heteroatoms. The third-order valence-electron chi connectivity index (χ3n) is 4.33. The molecule has 3 nitrogen and oxygen atoms in total. The minimum atomic E-state index is 0.230.